The summed E-state index contributed by atoms with van der Waals surface area (Å²) in [6.07, 6.45) is 0.993. The molecule has 0 aliphatic heterocycles. The fourth-order valence-electron chi connectivity index (χ4n) is 2.95. The summed E-state index contributed by atoms with van der Waals surface area (Å²) in [7, 11) is 0. The van der Waals surface area contributed by atoms with Crippen LogP contribution in [0.3, 0.4) is 0 Å². The quantitative estimate of drug-likeness (QED) is 0.298. The van der Waals surface area contributed by atoms with Gasteiger partial charge in [-0.15, -0.1) is 0 Å². The predicted octanol–water partition coefficient (Wildman–Crippen LogP) is 4.58. The third kappa shape index (κ3) is 8.26. The normalized spacial score (nSPS) is 11.5. The Morgan fingerprint density at radius 3 is 1.67 bits per heavy atom. The van der Waals surface area contributed by atoms with Crippen LogP contribution in [-0.2, 0) is 14.9 Å². The van der Waals surface area contributed by atoms with Gasteiger partial charge in [0.25, 0.3) is 0 Å². The Balaban J connectivity index is 1.81. The number of halogens is 1. The molecule has 0 radical (unpaired) electrons. The van der Waals surface area contributed by atoms with Crippen LogP contribution in [0.15, 0.2) is 48.5 Å². The largest absolute Gasteiger partial charge is 0.494 e. The summed E-state index contributed by atoms with van der Waals surface area (Å²) < 4.78 is 22.1. The van der Waals surface area contributed by atoms with Gasteiger partial charge in [-0.3, -0.25) is 0 Å². The molecule has 0 heterocycles. The second kappa shape index (κ2) is 13.7. The van der Waals surface area contributed by atoms with Crippen molar-refractivity contribution in [2.24, 2.45) is 0 Å². The van der Waals surface area contributed by atoms with E-state index >= 15 is 0 Å². The molecule has 166 valence electrons. The fraction of sp³-hybridized carbons (Fsp3) is 0.500. The van der Waals surface area contributed by atoms with Crippen molar-refractivity contribution in [3.63, 3.8) is 0 Å². The molecule has 6 heteroatoms. The molecule has 0 amide bonds. The van der Waals surface area contributed by atoms with Gasteiger partial charge in [0, 0.05) is 10.7 Å². The van der Waals surface area contributed by atoms with Gasteiger partial charge in [-0.1, -0.05) is 54.0 Å². The lowest BCUT2D eigenvalue weighted by molar-refractivity contribution is 0.0247. The summed E-state index contributed by atoms with van der Waals surface area (Å²) in [6.45, 7) is 7.50. The number of aliphatic hydroxyl groups excluding tert-OH is 1. The van der Waals surface area contributed by atoms with E-state index in [1.165, 1.54) is 11.1 Å². The first kappa shape index (κ1) is 24.7. The van der Waals surface area contributed by atoms with Crippen LogP contribution in [0.4, 0.5) is 0 Å². The van der Waals surface area contributed by atoms with E-state index in [9.17, 15) is 0 Å². The van der Waals surface area contributed by atoms with E-state index in [1.54, 1.807) is 0 Å². The van der Waals surface area contributed by atoms with E-state index in [-0.39, 0.29) is 12.0 Å². The van der Waals surface area contributed by atoms with Gasteiger partial charge < -0.3 is 24.1 Å². The van der Waals surface area contributed by atoms with E-state index in [2.05, 4.69) is 54.0 Å². The molecule has 30 heavy (non-hydrogen) atoms. The molecule has 2 aromatic carbocycles. The second-order valence-electron chi connectivity index (χ2n) is 7.36. The number of ether oxygens (including phenoxy) is 4. The van der Waals surface area contributed by atoms with E-state index < -0.39 is 0 Å². The van der Waals surface area contributed by atoms with Crippen molar-refractivity contribution >= 4 is 15.9 Å². The first-order valence-corrected chi connectivity index (χ1v) is 11.5. The number of hydrogen-bond donors (Lipinski definition) is 1. The minimum atomic E-state index is -0.120. The number of rotatable bonds is 15. The number of benzene rings is 2. The lowest BCUT2D eigenvalue weighted by Gasteiger charge is -2.26. The maximum absolute atomic E-state index is 8.62. The van der Waals surface area contributed by atoms with Crippen LogP contribution in [0.2, 0.25) is 0 Å². The third-order valence-corrected chi connectivity index (χ3v) is 5.36. The zero-order valence-corrected chi connectivity index (χ0v) is 19.5. The van der Waals surface area contributed by atoms with Crippen molar-refractivity contribution in [2.75, 3.05) is 51.6 Å². The van der Waals surface area contributed by atoms with Gasteiger partial charge >= 0.3 is 0 Å². The summed E-state index contributed by atoms with van der Waals surface area (Å²) in [5.41, 5.74) is 2.34. The Kier molecular flexibility index (Phi) is 11.2. The van der Waals surface area contributed by atoms with Crippen LogP contribution in [0.25, 0.3) is 0 Å². The first-order valence-electron chi connectivity index (χ1n) is 10.4. The highest BCUT2D eigenvalue weighted by Crippen LogP contribution is 2.33. The van der Waals surface area contributed by atoms with E-state index in [1.807, 2.05) is 24.3 Å². The van der Waals surface area contributed by atoms with E-state index in [0.29, 0.717) is 33.0 Å². The van der Waals surface area contributed by atoms with E-state index in [4.69, 9.17) is 24.1 Å². The average molecular weight is 481 g/mol. The van der Waals surface area contributed by atoms with Crippen LogP contribution in [0.1, 0.15) is 31.4 Å². The molecule has 5 nitrogen and oxygen atoms in total. The number of aliphatic hydroxyl groups is 1. The lowest BCUT2D eigenvalue weighted by Crippen LogP contribution is -2.18. The molecule has 0 saturated carbocycles. The molecule has 1 N–H and O–H groups in total. The van der Waals surface area contributed by atoms with Crippen molar-refractivity contribution < 1.29 is 24.1 Å². The maximum atomic E-state index is 8.62. The van der Waals surface area contributed by atoms with Gasteiger partial charge in [-0.2, -0.15) is 0 Å². The Labute approximate surface area is 188 Å². The Morgan fingerprint density at radius 1 is 0.700 bits per heavy atom. The summed E-state index contributed by atoms with van der Waals surface area (Å²) in [5, 5.41) is 9.57. The van der Waals surface area contributed by atoms with Crippen LogP contribution in [-0.4, -0.2) is 56.7 Å². The highest BCUT2D eigenvalue weighted by molar-refractivity contribution is 9.09. The van der Waals surface area contributed by atoms with Gasteiger partial charge in [-0.25, -0.2) is 0 Å². The number of hydrogen-bond acceptors (Lipinski definition) is 5. The summed E-state index contributed by atoms with van der Waals surface area (Å²) in [4.78, 5) is 0. The predicted molar refractivity (Wildman–Crippen MR) is 123 cm³/mol. The third-order valence-electron chi connectivity index (χ3n) is 4.80. The van der Waals surface area contributed by atoms with Crippen molar-refractivity contribution in [1.82, 2.24) is 0 Å². The Morgan fingerprint density at radius 2 is 1.17 bits per heavy atom. The van der Waals surface area contributed by atoms with Crippen molar-refractivity contribution in [1.29, 1.82) is 0 Å². The molecule has 0 unspecified atom stereocenters. The second-order valence-corrected chi connectivity index (χ2v) is 8.15. The van der Waals surface area contributed by atoms with Crippen LogP contribution >= 0.6 is 15.9 Å². The summed E-state index contributed by atoms with van der Waals surface area (Å²) in [5.74, 6) is 1.73. The average Bonchev–Trinajstić information content (AvgIpc) is 2.76. The molecule has 0 aliphatic carbocycles. The molecule has 2 rings (SSSR count). The van der Waals surface area contributed by atoms with Gasteiger partial charge in [0.15, 0.2) is 0 Å². The van der Waals surface area contributed by atoms with Gasteiger partial charge in [0.1, 0.15) is 18.1 Å². The SMILES string of the molecule is CC(C)(c1ccc(OCCCBr)cc1)c1ccc(OCCOCCOCCO)cc1. The molecule has 0 bridgehead atoms. The number of alkyl halides is 1. The van der Waals surface area contributed by atoms with Gasteiger partial charge in [0.2, 0.25) is 0 Å². The monoisotopic (exact) mass is 480 g/mol. The minimum Gasteiger partial charge on any atom is -0.494 e. The zero-order chi connectivity index (χ0) is 21.7. The van der Waals surface area contributed by atoms with Crippen LogP contribution in [0.5, 0.6) is 11.5 Å². The molecule has 0 atom stereocenters. The van der Waals surface area contributed by atoms with Gasteiger partial charge in [0.05, 0.1) is 39.6 Å². The first-order chi connectivity index (χ1) is 14.6. The van der Waals surface area contributed by atoms with Crippen LogP contribution < -0.4 is 9.47 Å². The smallest absolute Gasteiger partial charge is 0.119 e. The summed E-state index contributed by atoms with van der Waals surface area (Å²) in [6, 6.07) is 16.6. The minimum absolute atomic E-state index is 0.0350. The molecule has 0 fully saturated rings. The molecular weight excluding hydrogens is 448 g/mol. The van der Waals surface area contributed by atoms with Crippen LogP contribution in [0, 0.1) is 0 Å². The van der Waals surface area contributed by atoms with E-state index in [0.717, 1.165) is 29.9 Å². The zero-order valence-electron chi connectivity index (χ0n) is 17.9. The molecule has 0 spiro atoms. The summed E-state index contributed by atoms with van der Waals surface area (Å²) >= 11 is 3.42. The van der Waals surface area contributed by atoms with Crippen molar-refractivity contribution in [3.05, 3.63) is 59.7 Å². The molecule has 0 saturated heterocycles. The molecular formula is C24H33BrO5. The highest BCUT2D eigenvalue weighted by atomic mass is 79.9. The Bertz CT molecular complexity index is 701. The maximum Gasteiger partial charge on any atom is 0.119 e. The van der Waals surface area contributed by atoms with Crippen molar-refractivity contribution in [3.8, 4) is 11.5 Å². The topological polar surface area (TPSA) is 57.2 Å². The Hall–Kier alpha value is -1.60. The standard InChI is InChI=1S/C24H33BrO5/c1-24(2,20-4-8-22(9-5-20)29-14-3-12-25)21-6-10-23(11-7-21)30-19-18-28-17-16-27-15-13-26/h4-11,26H,3,12-19H2,1-2H3. The van der Waals surface area contributed by atoms with Gasteiger partial charge in [-0.05, 0) is 41.8 Å². The molecule has 0 aromatic heterocycles. The fourth-order valence-corrected chi connectivity index (χ4v) is 3.18. The lowest BCUT2D eigenvalue weighted by atomic mass is 9.78. The van der Waals surface area contributed by atoms with Crippen molar-refractivity contribution in [2.45, 2.75) is 25.7 Å². The molecule has 2 aromatic rings. The molecule has 0 aliphatic rings. The highest BCUT2D eigenvalue weighted by Gasteiger charge is 2.23.